The lowest BCUT2D eigenvalue weighted by Crippen LogP contribution is -2.59. The van der Waals surface area contributed by atoms with Crippen LogP contribution in [0, 0.1) is 0 Å². The number of phosphoric acid groups is 2. The van der Waals surface area contributed by atoms with E-state index in [1.165, 1.54) is 6.08 Å². The van der Waals surface area contributed by atoms with Crippen LogP contribution in [0.2, 0.25) is 0 Å². The Balaban J connectivity index is 2.91. The van der Waals surface area contributed by atoms with Crippen molar-refractivity contribution in [1.82, 2.24) is 0 Å². The van der Waals surface area contributed by atoms with Gasteiger partial charge in [-0.05, 0) is 18.9 Å². The summed E-state index contributed by atoms with van der Waals surface area (Å²) in [4.78, 5) is 27.3. The van der Waals surface area contributed by atoms with E-state index >= 15 is 0 Å². The molecular weight excluding hydrogens is 458 g/mol. The van der Waals surface area contributed by atoms with Gasteiger partial charge in [-0.15, -0.1) is 0 Å². The minimum Gasteiger partial charge on any atom is -0.406 e. The lowest BCUT2D eigenvalue weighted by molar-refractivity contribution is -0.224. The van der Waals surface area contributed by atoms with E-state index in [2.05, 4.69) is 11.2 Å². The fourth-order valence-electron chi connectivity index (χ4n) is 3.17. The van der Waals surface area contributed by atoms with Crippen LogP contribution in [0.5, 0.6) is 0 Å². The smallest absolute Gasteiger partial charge is 0.406 e. The van der Waals surface area contributed by atoms with Crippen LogP contribution in [0.4, 0.5) is 0 Å². The highest BCUT2D eigenvalue weighted by Gasteiger charge is 2.47. The maximum absolute atomic E-state index is 12.0. The molecule has 0 aromatic carbocycles. The summed E-state index contributed by atoms with van der Waals surface area (Å²) in [6.45, 7) is 1.38. The van der Waals surface area contributed by atoms with Crippen LogP contribution in [-0.4, -0.2) is 72.2 Å². The summed E-state index contributed by atoms with van der Waals surface area (Å²) in [7, 11) is -10.7. The van der Waals surface area contributed by atoms with Gasteiger partial charge in [-0.3, -0.25) is 4.89 Å². The third-order valence-corrected chi connectivity index (χ3v) is 6.87. The molecular formula is C17H34O12P2. The van der Waals surface area contributed by atoms with Crippen LogP contribution < -0.4 is 0 Å². The zero-order valence-corrected chi connectivity index (χ0v) is 19.2. The monoisotopic (exact) mass is 492 g/mol. The molecule has 31 heavy (non-hydrogen) atoms. The standard InChI is InChI=1S/C17H34O12P2/c1-2-3-4-5-6-7-8-9-10-12(28-31(25,26)29-30(22,23)24)17-16(21)15(20)14(19)13(11-18)27-17/h10,13-21H,2-9,11H2,1H3,(H,25,26)(H2,22,23,24)/t13-,14-,15+,16-,17?/m1/s1. The Labute approximate surface area is 181 Å². The Kier molecular flexibility index (Phi) is 12.4. The third kappa shape index (κ3) is 10.4. The molecule has 0 spiro atoms. The quantitative estimate of drug-likeness (QED) is 0.103. The highest BCUT2D eigenvalue weighted by molar-refractivity contribution is 7.60. The Hall–Kier alpha value is -0.360. The zero-order chi connectivity index (χ0) is 23.7. The largest absolute Gasteiger partial charge is 0.536 e. The molecule has 0 amide bonds. The number of phosphoric ester groups is 1. The second-order valence-corrected chi connectivity index (χ2v) is 10.2. The van der Waals surface area contributed by atoms with Crippen molar-refractivity contribution in [3.05, 3.63) is 11.8 Å². The summed E-state index contributed by atoms with van der Waals surface area (Å²) >= 11 is 0. The van der Waals surface area contributed by atoms with Crippen LogP contribution >= 0.6 is 15.6 Å². The second-order valence-electron chi connectivity index (χ2n) is 7.40. The molecule has 1 rings (SSSR count). The topological polar surface area (TPSA) is 203 Å². The molecule has 12 nitrogen and oxygen atoms in total. The van der Waals surface area contributed by atoms with Crippen LogP contribution in [0.1, 0.15) is 58.3 Å². The molecule has 0 radical (unpaired) electrons. The molecule has 14 heteroatoms. The van der Waals surface area contributed by atoms with Crippen molar-refractivity contribution >= 4 is 15.6 Å². The van der Waals surface area contributed by atoms with E-state index in [1.54, 1.807) is 0 Å². The van der Waals surface area contributed by atoms with E-state index in [1.807, 2.05) is 0 Å². The second kappa shape index (κ2) is 13.4. The van der Waals surface area contributed by atoms with Gasteiger partial charge in [0.15, 0.2) is 0 Å². The highest BCUT2D eigenvalue weighted by atomic mass is 31.3. The number of aliphatic hydroxyl groups excluding tert-OH is 4. The van der Waals surface area contributed by atoms with E-state index < -0.39 is 58.5 Å². The molecule has 2 unspecified atom stereocenters. The van der Waals surface area contributed by atoms with Gasteiger partial charge in [-0.2, -0.15) is 4.31 Å². The first-order valence-corrected chi connectivity index (χ1v) is 13.2. The summed E-state index contributed by atoms with van der Waals surface area (Å²) in [5, 5.41) is 39.4. The first-order valence-electron chi connectivity index (χ1n) is 10.2. The number of hydrogen-bond donors (Lipinski definition) is 7. The van der Waals surface area contributed by atoms with Gasteiger partial charge in [0.05, 0.1) is 6.61 Å². The molecule has 0 aromatic heterocycles. The Bertz CT molecular complexity index is 649. The highest BCUT2D eigenvalue weighted by Crippen LogP contribution is 2.59. The summed E-state index contributed by atoms with van der Waals surface area (Å²) in [6.07, 6.45) is 0.362. The molecule has 0 saturated carbocycles. The van der Waals surface area contributed by atoms with Crippen LogP contribution in [0.15, 0.2) is 11.8 Å². The van der Waals surface area contributed by atoms with Crippen LogP contribution in [0.3, 0.4) is 0 Å². The fourth-order valence-corrected chi connectivity index (χ4v) is 4.83. The molecule has 1 fully saturated rings. The summed E-state index contributed by atoms with van der Waals surface area (Å²) < 4.78 is 36.8. The molecule has 184 valence electrons. The number of unbranched alkanes of at least 4 members (excludes halogenated alkanes) is 7. The van der Waals surface area contributed by atoms with Crippen molar-refractivity contribution in [2.45, 2.75) is 88.8 Å². The van der Waals surface area contributed by atoms with Gasteiger partial charge in [0, 0.05) is 0 Å². The first kappa shape index (κ1) is 28.7. The van der Waals surface area contributed by atoms with E-state index in [-0.39, 0.29) is 0 Å². The molecule has 0 bridgehead atoms. The SMILES string of the molecule is CCCCCCCCCC=C(OP(=O)(O)OP(=O)(O)O)C1O[C@H](CO)[C@@H](O)[C@H](O)[C@H]1O. The maximum Gasteiger partial charge on any atom is 0.536 e. The predicted octanol–water partition coefficient (Wildman–Crippen LogP) is 1.08. The lowest BCUT2D eigenvalue weighted by atomic mass is 9.94. The molecule has 6 atom stereocenters. The van der Waals surface area contributed by atoms with Gasteiger partial charge in [-0.25, -0.2) is 9.13 Å². The average Bonchev–Trinajstić information content (AvgIpc) is 2.65. The Morgan fingerprint density at radius 1 is 0.935 bits per heavy atom. The van der Waals surface area contributed by atoms with Crippen molar-refractivity contribution in [2.24, 2.45) is 0 Å². The number of ether oxygens (including phenoxy) is 1. The van der Waals surface area contributed by atoms with Crippen molar-refractivity contribution in [3.63, 3.8) is 0 Å². The van der Waals surface area contributed by atoms with Gasteiger partial charge < -0.3 is 39.5 Å². The van der Waals surface area contributed by atoms with E-state index in [4.69, 9.17) is 19.0 Å². The van der Waals surface area contributed by atoms with Gasteiger partial charge in [-0.1, -0.05) is 45.4 Å². The minimum absolute atomic E-state index is 0.300. The van der Waals surface area contributed by atoms with E-state index in [9.17, 15) is 34.4 Å². The number of rotatable bonds is 14. The molecule has 0 aliphatic carbocycles. The molecule has 1 aliphatic heterocycles. The molecule has 1 saturated heterocycles. The van der Waals surface area contributed by atoms with Gasteiger partial charge in [0.2, 0.25) is 0 Å². The first-order chi connectivity index (χ1) is 14.4. The molecule has 1 heterocycles. The maximum atomic E-state index is 12.0. The van der Waals surface area contributed by atoms with Crippen molar-refractivity contribution in [3.8, 4) is 0 Å². The zero-order valence-electron chi connectivity index (χ0n) is 17.4. The van der Waals surface area contributed by atoms with Gasteiger partial charge >= 0.3 is 15.6 Å². The van der Waals surface area contributed by atoms with Gasteiger partial charge in [0.1, 0.15) is 36.3 Å². The normalized spacial score (nSPS) is 29.5. The van der Waals surface area contributed by atoms with Crippen molar-refractivity contribution in [2.75, 3.05) is 6.61 Å². The number of allylic oxidation sites excluding steroid dienone is 1. The fraction of sp³-hybridized carbons (Fsp3) is 0.882. The summed E-state index contributed by atoms with van der Waals surface area (Å²) in [5.74, 6) is -0.512. The predicted molar refractivity (Wildman–Crippen MR) is 108 cm³/mol. The van der Waals surface area contributed by atoms with Crippen LogP contribution in [-0.2, 0) is 22.7 Å². The van der Waals surface area contributed by atoms with Crippen molar-refractivity contribution < 1.29 is 57.8 Å². The summed E-state index contributed by atoms with van der Waals surface area (Å²) in [5.41, 5.74) is 0. The van der Waals surface area contributed by atoms with Crippen LogP contribution in [0.25, 0.3) is 0 Å². The third-order valence-electron chi connectivity index (χ3n) is 4.76. The van der Waals surface area contributed by atoms with E-state index in [0.29, 0.717) is 12.8 Å². The van der Waals surface area contributed by atoms with E-state index in [0.717, 1.165) is 38.5 Å². The lowest BCUT2D eigenvalue weighted by Gasteiger charge is -2.40. The molecule has 7 N–H and O–H groups in total. The molecule has 1 aliphatic rings. The minimum atomic E-state index is -5.39. The van der Waals surface area contributed by atoms with Crippen molar-refractivity contribution in [1.29, 1.82) is 0 Å². The average molecular weight is 492 g/mol. The molecule has 0 aromatic rings. The Morgan fingerprint density at radius 3 is 2.06 bits per heavy atom. The number of aliphatic hydroxyl groups is 4. The summed E-state index contributed by atoms with van der Waals surface area (Å²) in [6, 6.07) is 0. The Morgan fingerprint density at radius 2 is 1.52 bits per heavy atom. The van der Waals surface area contributed by atoms with Gasteiger partial charge in [0.25, 0.3) is 0 Å². The number of hydrogen-bond acceptors (Lipinski definition) is 9.